The first kappa shape index (κ1) is 19.9. The van der Waals surface area contributed by atoms with Crippen LogP contribution in [0, 0.1) is 5.92 Å². The molecule has 162 valence electrons. The van der Waals surface area contributed by atoms with Crippen molar-refractivity contribution in [2.24, 2.45) is 5.92 Å². The average Bonchev–Trinajstić information content (AvgIpc) is 3.04. The van der Waals surface area contributed by atoms with Gasteiger partial charge in [0, 0.05) is 37.8 Å². The lowest BCUT2D eigenvalue weighted by atomic mass is 9.92. The lowest BCUT2D eigenvalue weighted by molar-refractivity contribution is -0.135. The Morgan fingerprint density at radius 3 is 2.58 bits per heavy atom. The van der Waals surface area contributed by atoms with E-state index >= 15 is 0 Å². The van der Waals surface area contributed by atoms with Gasteiger partial charge >= 0.3 is 0 Å². The summed E-state index contributed by atoms with van der Waals surface area (Å²) < 4.78 is 11.2. The number of anilines is 1. The molecule has 2 atom stereocenters. The summed E-state index contributed by atoms with van der Waals surface area (Å²) in [6.07, 6.45) is 3.34. The Bertz CT molecular complexity index is 961. The minimum absolute atomic E-state index is 0.00740. The van der Waals surface area contributed by atoms with E-state index in [-0.39, 0.29) is 24.2 Å². The first-order valence-electron chi connectivity index (χ1n) is 11.2. The third-order valence-corrected chi connectivity index (χ3v) is 6.62. The molecule has 6 heteroatoms. The second kappa shape index (κ2) is 8.61. The summed E-state index contributed by atoms with van der Waals surface area (Å²) in [5.41, 5.74) is 2.13. The zero-order valence-corrected chi connectivity index (χ0v) is 17.7. The number of carbonyl (C=O) groups is 2. The molecule has 31 heavy (non-hydrogen) atoms. The predicted molar refractivity (Wildman–Crippen MR) is 118 cm³/mol. The summed E-state index contributed by atoms with van der Waals surface area (Å²) >= 11 is 0. The molecule has 2 amide bonds. The molecule has 0 aromatic heterocycles. The number of hydrogen-bond donors (Lipinski definition) is 0. The summed E-state index contributed by atoms with van der Waals surface area (Å²) in [7, 11) is 0. The number of nitrogens with zero attached hydrogens (tertiary/aromatic N) is 2. The average molecular weight is 421 g/mol. The SMILES string of the molecule is O=C(C1CC(=O)N(c2ccc3c(c2)OCCO3)C1)N1CCCC(c2ccccc2)CC1. The molecule has 0 spiro atoms. The highest BCUT2D eigenvalue weighted by atomic mass is 16.6. The van der Waals surface area contributed by atoms with E-state index in [0.717, 1.165) is 38.0 Å². The van der Waals surface area contributed by atoms with Crippen molar-refractivity contribution >= 4 is 17.5 Å². The maximum atomic E-state index is 13.3. The third kappa shape index (κ3) is 4.11. The first-order valence-corrected chi connectivity index (χ1v) is 11.2. The summed E-state index contributed by atoms with van der Waals surface area (Å²) in [6, 6.07) is 16.1. The smallest absolute Gasteiger partial charge is 0.228 e. The lowest BCUT2D eigenvalue weighted by Gasteiger charge is -2.25. The molecule has 0 aliphatic carbocycles. The molecule has 3 heterocycles. The van der Waals surface area contributed by atoms with Gasteiger partial charge in [-0.25, -0.2) is 0 Å². The van der Waals surface area contributed by atoms with Gasteiger partial charge in [0.2, 0.25) is 11.8 Å². The molecule has 2 aromatic carbocycles. The van der Waals surface area contributed by atoms with Crippen LogP contribution in [-0.2, 0) is 9.59 Å². The zero-order chi connectivity index (χ0) is 21.2. The minimum Gasteiger partial charge on any atom is -0.486 e. The molecule has 2 unspecified atom stereocenters. The van der Waals surface area contributed by atoms with Crippen molar-refractivity contribution in [3.8, 4) is 11.5 Å². The Balaban J connectivity index is 1.24. The Morgan fingerprint density at radius 1 is 0.935 bits per heavy atom. The summed E-state index contributed by atoms with van der Waals surface area (Å²) in [5, 5.41) is 0. The Labute approximate surface area is 182 Å². The van der Waals surface area contributed by atoms with Gasteiger partial charge in [-0.2, -0.15) is 0 Å². The fourth-order valence-electron chi connectivity index (χ4n) is 4.96. The van der Waals surface area contributed by atoms with Gasteiger partial charge in [0.15, 0.2) is 11.5 Å². The standard InChI is InChI=1S/C25H28N2O4/c28-24-15-20(17-27(24)21-8-9-22-23(16-21)31-14-13-30-22)25(29)26-11-4-7-19(10-12-26)18-5-2-1-3-6-18/h1-3,5-6,8-9,16,19-20H,4,7,10-15,17H2. The van der Waals surface area contributed by atoms with E-state index in [4.69, 9.17) is 9.47 Å². The maximum absolute atomic E-state index is 13.3. The molecule has 0 saturated carbocycles. The molecular weight excluding hydrogens is 392 g/mol. The Kier molecular flexibility index (Phi) is 5.53. The van der Waals surface area contributed by atoms with Crippen LogP contribution in [0.5, 0.6) is 11.5 Å². The molecular formula is C25H28N2O4. The van der Waals surface area contributed by atoms with Crippen LogP contribution in [0.2, 0.25) is 0 Å². The number of likely N-dealkylation sites (tertiary alicyclic amines) is 1. The van der Waals surface area contributed by atoms with Crippen molar-refractivity contribution < 1.29 is 19.1 Å². The van der Waals surface area contributed by atoms with E-state index in [1.165, 1.54) is 5.56 Å². The normalized spacial score (nSPS) is 23.5. The topological polar surface area (TPSA) is 59.1 Å². The van der Waals surface area contributed by atoms with Crippen LogP contribution in [0.25, 0.3) is 0 Å². The number of hydrogen-bond acceptors (Lipinski definition) is 4. The van der Waals surface area contributed by atoms with Gasteiger partial charge in [-0.05, 0) is 42.9 Å². The molecule has 0 N–H and O–H groups in total. The van der Waals surface area contributed by atoms with Crippen molar-refractivity contribution in [1.29, 1.82) is 0 Å². The summed E-state index contributed by atoms with van der Waals surface area (Å²) in [4.78, 5) is 29.7. The van der Waals surface area contributed by atoms with Crippen LogP contribution < -0.4 is 14.4 Å². The fraction of sp³-hybridized carbons (Fsp3) is 0.440. The molecule has 5 rings (SSSR count). The lowest BCUT2D eigenvalue weighted by Crippen LogP contribution is -2.38. The molecule has 3 aliphatic heterocycles. The van der Waals surface area contributed by atoms with E-state index in [0.29, 0.717) is 37.2 Å². The van der Waals surface area contributed by atoms with Crippen LogP contribution in [0.15, 0.2) is 48.5 Å². The van der Waals surface area contributed by atoms with Gasteiger partial charge in [-0.3, -0.25) is 9.59 Å². The van der Waals surface area contributed by atoms with Crippen molar-refractivity contribution in [3.05, 3.63) is 54.1 Å². The highest BCUT2D eigenvalue weighted by Crippen LogP contribution is 2.36. The number of benzene rings is 2. The van der Waals surface area contributed by atoms with Gasteiger partial charge in [0.1, 0.15) is 13.2 Å². The van der Waals surface area contributed by atoms with Crippen LogP contribution in [0.3, 0.4) is 0 Å². The number of ether oxygens (including phenoxy) is 2. The number of rotatable bonds is 3. The fourth-order valence-corrected chi connectivity index (χ4v) is 4.96. The largest absolute Gasteiger partial charge is 0.486 e. The van der Waals surface area contributed by atoms with Crippen molar-refractivity contribution in [2.75, 3.05) is 37.7 Å². The van der Waals surface area contributed by atoms with E-state index in [1.807, 2.05) is 29.2 Å². The number of fused-ring (bicyclic) bond motifs is 1. The summed E-state index contributed by atoms with van der Waals surface area (Å²) in [5.74, 6) is 1.68. The maximum Gasteiger partial charge on any atom is 0.228 e. The molecule has 0 bridgehead atoms. The second-order valence-electron chi connectivity index (χ2n) is 8.60. The monoisotopic (exact) mass is 420 g/mol. The zero-order valence-electron chi connectivity index (χ0n) is 17.7. The highest BCUT2D eigenvalue weighted by molar-refractivity contribution is 6.00. The summed E-state index contributed by atoms with van der Waals surface area (Å²) in [6.45, 7) is 3.00. The Morgan fingerprint density at radius 2 is 1.74 bits per heavy atom. The highest BCUT2D eigenvalue weighted by Gasteiger charge is 2.38. The molecule has 3 aliphatic rings. The van der Waals surface area contributed by atoms with E-state index in [2.05, 4.69) is 24.3 Å². The van der Waals surface area contributed by atoms with E-state index in [9.17, 15) is 9.59 Å². The molecule has 6 nitrogen and oxygen atoms in total. The predicted octanol–water partition coefficient (Wildman–Crippen LogP) is 3.61. The van der Waals surface area contributed by atoms with Crippen LogP contribution in [0.4, 0.5) is 5.69 Å². The quantitative estimate of drug-likeness (QED) is 0.761. The van der Waals surface area contributed by atoms with Gasteiger partial charge in [-0.15, -0.1) is 0 Å². The van der Waals surface area contributed by atoms with Crippen molar-refractivity contribution in [1.82, 2.24) is 4.90 Å². The van der Waals surface area contributed by atoms with Crippen molar-refractivity contribution in [3.63, 3.8) is 0 Å². The molecule has 2 aromatic rings. The van der Waals surface area contributed by atoms with E-state index < -0.39 is 0 Å². The first-order chi connectivity index (χ1) is 15.2. The Hall–Kier alpha value is -3.02. The molecule has 0 radical (unpaired) electrons. The van der Waals surface area contributed by atoms with Crippen LogP contribution >= 0.6 is 0 Å². The number of carbonyl (C=O) groups excluding carboxylic acids is 2. The number of amides is 2. The van der Waals surface area contributed by atoms with E-state index in [1.54, 1.807) is 4.90 Å². The van der Waals surface area contributed by atoms with Gasteiger partial charge in [-0.1, -0.05) is 30.3 Å². The minimum atomic E-state index is -0.283. The third-order valence-electron chi connectivity index (χ3n) is 6.62. The van der Waals surface area contributed by atoms with Gasteiger partial charge in [0.25, 0.3) is 0 Å². The van der Waals surface area contributed by atoms with Crippen LogP contribution in [-0.4, -0.2) is 49.6 Å². The van der Waals surface area contributed by atoms with Crippen LogP contribution in [0.1, 0.15) is 37.2 Å². The van der Waals surface area contributed by atoms with Gasteiger partial charge < -0.3 is 19.3 Å². The molecule has 2 fully saturated rings. The second-order valence-corrected chi connectivity index (χ2v) is 8.60. The molecule has 2 saturated heterocycles. The van der Waals surface area contributed by atoms with Crippen molar-refractivity contribution in [2.45, 2.75) is 31.6 Å². The van der Waals surface area contributed by atoms with Gasteiger partial charge in [0.05, 0.1) is 5.92 Å².